The number of hydrogen-bond acceptors (Lipinski definition) is 2. The van der Waals surface area contributed by atoms with Gasteiger partial charge < -0.3 is 10.0 Å². The number of carboxylic acids is 1. The van der Waals surface area contributed by atoms with Crippen LogP contribution in [0.5, 0.6) is 0 Å². The molecule has 1 saturated heterocycles. The first kappa shape index (κ1) is 10.0. The van der Waals surface area contributed by atoms with Crippen LogP contribution in [0, 0.1) is 7.05 Å². The van der Waals surface area contributed by atoms with Crippen molar-refractivity contribution in [2.75, 3.05) is 6.54 Å². The monoisotopic (exact) mass is 135 g/mol. The van der Waals surface area contributed by atoms with Crippen molar-refractivity contribution in [1.82, 2.24) is 4.90 Å². The van der Waals surface area contributed by atoms with E-state index in [0.29, 0.717) is 0 Å². The number of carbonyl (C=O) groups is 1. The molecule has 0 aromatic heterocycles. The standard InChI is InChI=1S/C6H10NO2.Li/c1-7-4-2-3-5(7)6(8)9;/h5H,1-4H2,(H,8,9);/q-1;+1/t5-;/m0./s1. The summed E-state index contributed by atoms with van der Waals surface area (Å²) in [7, 11) is 3.59. The predicted molar refractivity (Wildman–Crippen MR) is 32.7 cm³/mol. The van der Waals surface area contributed by atoms with Crippen LogP contribution in [0.3, 0.4) is 0 Å². The minimum absolute atomic E-state index is 0. The van der Waals surface area contributed by atoms with Crippen molar-refractivity contribution in [3.8, 4) is 0 Å². The third kappa shape index (κ3) is 2.01. The van der Waals surface area contributed by atoms with Gasteiger partial charge in [0.1, 0.15) is 0 Å². The maximum atomic E-state index is 10.3. The van der Waals surface area contributed by atoms with Gasteiger partial charge in [-0.15, -0.1) is 0 Å². The number of likely N-dealkylation sites (tertiary alicyclic amines) is 1. The molecule has 1 N–H and O–H groups in total. The molecule has 1 aliphatic heterocycles. The Morgan fingerprint density at radius 1 is 1.70 bits per heavy atom. The fraction of sp³-hybridized carbons (Fsp3) is 0.667. The Morgan fingerprint density at radius 2 is 2.30 bits per heavy atom. The third-order valence-corrected chi connectivity index (χ3v) is 1.65. The summed E-state index contributed by atoms with van der Waals surface area (Å²) in [6.45, 7) is 0.816. The van der Waals surface area contributed by atoms with Crippen LogP contribution in [-0.2, 0) is 4.79 Å². The summed E-state index contributed by atoms with van der Waals surface area (Å²) in [5.74, 6) is -0.748. The zero-order chi connectivity index (χ0) is 6.85. The second-order valence-corrected chi connectivity index (χ2v) is 2.31. The van der Waals surface area contributed by atoms with Crippen molar-refractivity contribution in [3.05, 3.63) is 7.05 Å². The summed E-state index contributed by atoms with van der Waals surface area (Å²) in [4.78, 5) is 12.0. The Hall–Kier alpha value is 0.0274. The maximum absolute atomic E-state index is 10.3. The Labute approximate surface area is 72.6 Å². The number of hydrogen-bond donors (Lipinski definition) is 1. The van der Waals surface area contributed by atoms with Crippen LogP contribution < -0.4 is 18.9 Å². The average Bonchev–Trinajstić information content (AvgIpc) is 2.13. The quantitative estimate of drug-likeness (QED) is 0.315. The maximum Gasteiger partial charge on any atom is 1.00 e. The topological polar surface area (TPSA) is 40.5 Å². The zero-order valence-electron chi connectivity index (χ0n) is 6.21. The SMILES string of the molecule is [CH2-]N1CCC[C@H]1C(=O)O.[Li+]. The molecule has 4 heteroatoms. The van der Waals surface area contributed by atoms with Gasteiger partial charge in [-0.3, -0.25) is 11.8 Å². The number of aliphatic carboxylic acids is 1. The van der Waals surface area contributed by atoms with E-state index in [-0.39, 0.29) is 24.9 Å². The Balaban J connectivity index is 0.000000810. The van der Waals surface area contributed by atoms with Crippen LogP contribution in [0.2, 0.25) is 0 Å². The fourth-order valence-electron chi connectivity index (χ4n) is 1.11. The molecule has 0 aliphatic carbocycles. The smallest absolute Gasteiger partial charge is 0.480 e. The van der Waals surface area contributed by atoms with Crippen molar-refractivity contribution < 1.29 is 28.8 Å². The van der Waals surface area contributed by atoms with Gasteiger partial charge in [-0.05, 0) is 19.4 Å². The van der Waals surface area contributed by atoms with Crippen molar-refractivity contribution in [3.63, 3.8) is 0 Å². The minimum Gasteiger partial charge on any atom is -0.480 e. The Bertz CT molecular complexity index is 129. The average molecular weight is 135 g/mol. The van der Waals surface area contributed by atoms with Crippen molar-refractivity contribution >= 4 is 5.97 Å². The summed E-state index contributed by atoms with van der Waals surface area (Å²) in [5, 5.41) is 8.50. The molecule has 0 unspecified atom stereocenters. The third-order valence-electron chi connectivity index (χ3n) is 1.65. The molecular formula is C6H10LiNO2. The van der Waals surface area contributed by atoms with Crippen molar-refractivity contribution in [2.24, 2.45) is 0 Å². The molecule has 0 spiro atoms. The van der Waals surface area contributed by atoms with Crippen molar-refractivity contribution in [2.45, 2.75) is 18.9 Å². The molecule has 52 valence electrons. The molecule has 1 rings (SSSR count). The molecule has 3 nitrogen and oxygen atoms in total. The first-order valence-corrected chi connectivity index (χ1v) is 3.02. The molecule has 0 amide bonds. The van der Waals surface area contributed by atoms with Crippen molar-refractivity contribution in [1.29, 1.82) is 0 Å². The van der Waals surface area contributed by atoms with Crippen LogP contribution in [0.15, 0.2) is 0 Å². The van der Waals surface area contributed by atoms with E-state index in [4.69, 9.17) is 5.11 Å². The Morgan fingerprint density at radius 3 is 2.50 bits per heavy atom. The van der Waals surface area contributed by atoms with E-state index in [9.17, 15) is 4.79 Å². The molecule has 1 atom stereocenters. The molecule has 0 saturated carbocycles. The van der Waals surface area contributed by atoms with Crippen LogP contribution in [0.4, 0.5) is 0 Å². The van der Waals surface area contributed by atoms with Crippen LogP contribution in [-0.4, -0.2) is 28.6 Å². The second-order valence-electron chi connectivity index (χ2n) is 2.31. The molecule has 1 fully saturated rings. The molecule has 0 aromatic rings. The van der Waals surface area contributed by atoms with Gasteiger partial charge in [-0.25, -0.2) is 0 Å². The van der Waals surface area contributed by atoms with E-state index >= 15 is 0 Å². The number of carboxylic acid groups (broad SMARTS) is 1. The predicted octanol–water partition coefficient (Wildman–Crippen LogP) is -2.67. The molecule has 1 heterocycles. The molecule has 0 radical (unpaired) electrons. The van der Waals surface area contributed by atoms with E-state index in [1.54, 1.807) is 4.90 Å². The minimum atomic E-state index is -0.748. The molecule has 10 heavy (non-hydrogen) atoms. The van der Waals surface area contributed by atoms with Gasteiger partial charge in [0, 0.05) is 0 Å². The van der Waals surface area contributed by atoms with Gasteiger partial charge in [0.25, 0.3) is 0 Å². The fourth-order valence-corrected chi connectivity index (χ4v) is 1.11. The normalized spacial score (nSPS) is 25.9. The number of rotatable bonds is 1. The van der Waals surface area contributed by atoms with Gasteiger partial charge in [-0.1, -0.05) is 0 Å². The molecule has 1 aliphatic rings. The van der Waals surface area contributed by atoms with E-state index in [1.165, 1.54) is 0 Å². The van der Waals surface area contributed by atoms with Crippen LogP contribution in [0.25, 0.3) is 0 Å². The van der Waals surface area contributed by atoms with Gasteiger partial charge in [-0.2, -0.15) is 0 Å². The van der Waals surface area contributed by atoms with Crippen LogP contribution in [0.1, 0.15) is 12.8 Å². The largest absolute Gasteiger partial charge is 1.00 e. The van der Waals surface area contributed by atoms with E-state index in [1.807, 2.05) is 0 Å². The van der Waals surface area contributed by atoms with Gasteiger partial charge in [0.05, 0.1) is 6.04 Å². The molecular weight excluding hydrogens is 125 g/mol. The summed E-state index contributed by atoms with van der Waals surface area (Å²) >= 11 is 0. The number of nitrogens with zero attached hydrogens (tertiary/aromatic N) is 1. The van der Waals surface area contributed by atoms with Crippen LogP contribution >= 0.6 is 0 Å². The summed E-state index contributed by atoms with van der Waals surface area (Å²) in [6.07, 6.45) is 1.71. The molecule has 0 aromatic carbocycles. The van der Waals surface area contributed by atoms with E-state index < -0.39 is 5.97 Å². The second kappa shape index (κ2) is 4.02. The summed E-state index contributed by atoms with van der Waals surface area (Å²) in [5.41, 5.74) is 0. The van der Waals surface area contributed by atoms with E-state index in [0.717, 1.165) is 19.4 Å². The van der Waals surface area contributed by atoms with Gasteiger partial charge in [0.2, 0.25) is 0 Å². The first-order valence-electron chi connectivity index (χ1n) is 3.02. The first-order chi connectivity index (χ1) is 4.22. The van der Waals surface area contributed by atoms with Gasteiger partial charge in [0.15, 0.2) is 0 Å². The zero-order valence-corrected chi connectivity index (χ0v) is 6.21. The summed E-state index contributed by atoms with van der Waals surface area (Å²) in [6, 6.07) is -0.329. The van der Waals surface area contributed by atoms with E-state index in [2.05, 4.69) is 7.05 Å². The summed E-state index contributed by atoms with van der Waals surface area (Å²) < 4.78 is 0. The van der Waals surface area contributed by atoms with Gasteiger partial charge >= 0.3 is 24.8 Å². The molecule has 0 bridgehead atoms. The Kier molecular flexibility index (Phi) is 4.03.